The van der Waals surface area contributed by atoms with Crippen LogP contribution in [0, 0.1) is 22.3 Å². The summed E-state index contributed by atoms with van der Waals surface area (Å²) in [6.45, 7) is 0. The zero-order valence-corrected chi connectivity index (χ0v) is 18.2. The second-order valence-electron chi connectivity index (χ2n) is 4.26. The lowest BCUT2D eigenvalue weighted by Gasteiger charge is -2.10. The quantitative estimate of drug-likeness (QED) is 0.397. The Bertz CT molecular complexity index is 904. The van der Waals surface area contributed by atoms with Crippen LogP contribution in [-0.4, -0.2) is 14.3 Å². The molecule has 0 atom stereocenters. The number of carbonyl (C=O) groups is 1. The van der Waals surface area contributed by atoms with Crippen LogP contribution in [0.2, 0.25) is 0 Å². The number of amides is 1. The fourth-order valence-corrected chi connectivity index (χ4v) is 5.07. The zero-order chi connectivity index (χ0) is 17.4. The van der Waals surface area contributed by atoms with Gasteiger partial charge in [0.1, 0.15) is 16.5 Å². The molecular formula is C13H6F2I3NO3S. The van der Waals surface area contributed by atoms with Crippen molar-refractivity contribution in [2.24, 2.45) is 0 Å². The highest BCUT2D eigenvalue weighted by Gasteiger charge is 2.24. The fraction of sp³-hybridized carbons (Fsp3) is 0. The van der Waals surface area contributed by atoms with Crippen LogP contribution in [0.25, 0.3) is 0 Å². The van der Waals surface area contributed by atoms with E-state index < -0.39 is 32.5 Å². The summed E-state index contributed by atoms with van der Waals surface area (Å²) in [5, 5.41) is 0. The molecule has 0 saturated heterocycles. The Hall–Kier alpha value is -0.0900. The molecule has 0 fully saturated rings. The van der Waals surface area contributed by atoms with E-state index in [1.807, 2.05) is 73.8 Å². The molecule has 0 heterocycles. The van der Waals surface area contributed by atoms with Crippen molar-refractivity contribution in [1.82, 2.24) is 4.72 Å². The lowest BCUT2D eigenvalue weighted by molar-refractivity contribution is 0.0980. The fourth-order valence-electron chi connectivity index (χ4n) is 1.65. The Morgan fingerprint density at radius 1 is 1.04 bits per heavy atom. The third-order valence-electron chi connectivity index (χ3n) is 2.65. The maximum Gasteiger partial charge on any atom is 0.267 e. The predicted molar refractivity (Wildman–Crippen MR) is 106 cm³/mol. The van der Waals surface area contributed by atoms with Crippen molar-refractivity contribution in [3.8, 4) is 0 Å². The number of nitrogens with one attached hydrogen (secondary N) is 1. The van der Waals surface area contributed by atoms with Gasteiger partial charge in [-0.1, -0.05) is 0 Å². The summed E-state index contributed by atoms with van der Waals surface area (Å²) in [6.07, 6.45) is 0. The number of halogens is 5. The summed E-state index contributed by atoms with van der Waals surface area (Å²) in [4.78, 5) is 11.4. The third-order valence-corrected chi connectivity index (χ3v) is 7.68. The van der Waals surface area contributed by atoms with Gasteiger partial charge >= 0.3 is 0 Å². The van der Waals surface area contributed by atoms with Crippen molar-refractivity contribution in [2.45, 2.75) is 4.90 Å². The highest BCUT2D eigenvalue weighted by atomic mass is 127. The molecule has 0 unspecified atom stereocenters. The second-order valence-corrected chi connectivity index (χ2v) is 9.40. The first-order valence-corrected chi connectivity index (χ1v) is 10.5. The summed E-state index contributed by atoms with van der Waals surface area (Å²) in [7, 11) is -4.45. The normalized spacial score (nSPS) is 11.3. The first kappa shape index (κ1) is 19.2. The van der Waals surface area contributed by atoms with E-state index in [4.69, 9.17) is 0 Å². The maximum atomic E-state index is 13.6. The van der Waals surface area contributed by atoms with E-state index in [1.165, 1.54) is 6.07 Å². The van der Waals surface area contributed by atoms with Gasteiger partial charge in [-0.25, -0.2) is 21.9 Å². The SMILES string of the molecule is O=C(NS(=O)(=O)c1ccc(F)cc1F)c1cc(I)cc(I)c1I. The Kier molecular flexibility index (Phi) is 6.21. The molecule has 0 aromatic heterocycles. The molecule has 0 aliphatic carbocycles. The molecule has 0 bridgehead atoms. The van der Waals surface area contributed by atoms with Crippen molar-refractivity contribution in [3.63, 3.8) is 0 Å². The molecule has 0 aliphatic rings. The zero-order valence-electron chi connectivity index (χ0n) is 10.9. The van der Waals surface area contributed by atoms with Crippen LogP contribution in [-0.2, 0) is 10.0 Å². The summed E-state index contributed by atoms with van der Waals surface area (Å²) in [5.74, 6) is -3.05. The number of sulfonamides is 1. The minimum atomic E-state index is -4.45. The van der Waals surface area contributed by atoms with E-state index in [-0.39, 0.29) is 5.56 Å². The van der Waals surface area contributed by atoms with Crippen LogP contribution in [0.5, 0.6) is 0 Å². The number of carbonyl (C=O) groups excluding carboxylic acids is 1. The Morgan fingerprint density at radius 3 is 2.30 bits per heavy atom. The average molecular weight is 675 g/mol. The molecular weight excluding hydrogens is 669 g/mol. The van der Waals surface area contributed by atoms with Gasteiger partial charge < -0.3 is 0 Å². The molecule has 2 aromatic rings. The summed E-state index contributed by atoms with van der Waals surface area (Å²) < 4.78 is 54.7. The molecule has 0 spiro atoms. The minimum Gasteiger partial charge on any atom is -0.268 e. The van der Waals surface area contributed by atoms with Crippen LogP contribution >= 0.6 is 67.8 Å². The molecule has 2 rings (SSSR count). The summed E-state index contributed by atoms with van der Waals surface area (Å²) >= 11 is 5.95. The maximum absolute atomic E-state index is 13.6. The topological polar surface area (TPSA) is 63.2 Å². The van der Waals surface area contributed by atoms with Crippen molar-refractivity contribution < 1.29 is 22.0 Å². The van der Waals surface area contributed by atoms with Gasteiger partial charge in [-0.3, -0.25) is 4.79 Å². The highest BCUT2D eigenvalue weighted by Crippen LogP contribution is 2.23. The number of benzene rings is 2. The van der Waals surface area contributed by atoms with E-state index >= 15 is 0 Å². The molecule has 0 saturated carbocycles. The van der Waals surface area contributed by atoms with Crippen molar-refractivity contribution in [1.29, 1.82) is 0 Å². The van der Waals surface area contributed by atoms with Gasteiger partial charge in [0.15, 0.2) is 0 Å². The predicted octanol–water partition coefficient (Wildman–Crippen LogP) is 3.90. The van der Waals surface area contributed by atoms with Crippen LogP contribution in [0.1, 0.15) is 10.4 Å². The van der Waals surface area contributed by atoms with Crippen molar-refractivity contribution in [2.75, 3.05) is 0 Å². The largest absolute Gasteiger partial charge is 0.268 e. The van der Waals surface area contributed by atoms with Gasteiger partial charge in [0.2, 0.25) is 0 Å². The molecule has 4 nitrogen and oxygen atoms in total. The molecule has 1 N–H and O–H groups in total. The smallest absolute Gasteiger partial charge is 0.267 e. The van der Waals surface area contributed by atoms with E-state index in [0.717, 1.165) is 19.3 Å². The Labute approximate surface area is 171 Å². The molecule has 0 aliphatic heterocycles. The lowest BCUT2D eigenvalue weighted by atomic mass is 10.2. The molecule has 10 heteroatoms. The molecule has 2 aromatic carbocycles. The van der Waals surface area contributed by atoms with E-state index in [2.05, 4.69) is 0 Å². The van der Waals surface area contributed by atoms with Crippen LogP contribution in [0.3, 0.4) is 0 Å². The van der Waals surface area contributed by atoms with Crippen LogP contribution in [0.15, 0.2) is 35.2 Å². The van der Waals surface area contributed by atoms with Gasteiger partial charge in [0.25, 0.3) is 15.9 Å². The van der Waals surface area contributed by atoms with Crippen molar-refractivity contribution in [3.05, 3.63) is 58.2 Å². The second kappa shape index (κ2) is 7.43. The van der Waals surface area contributed by atoms with Gasteiger partial charge in [-0.15, -0.1) is 0 Å². The molecule has 0 radical (unpaired) electrons. The van der Waals surface area contributed by atoms with E-state index in [1.54, 1.807) is 4.72 Å². The summed E-state index contributed by atoms with van der Waals surface area (Å²) in [5.41, 5.74) is 0.160. The van der Waals surface area contributed by atoms with Gasteiger partial charge in [0.05, 0.1) is 5.56 Å². The number of rotatable bonds is 3. The minimum absolute atomic E-state index is 0.160. The van der Waals surface area contributed by atoms with E-state index in [0.29, 0.717) is 9.64 Å². The number of hydrogen-bond acceptors (Lipinski definition) is 3. The van der Waals surface area contributed by atoms with Gasteiger partial charge in [0, 0.05) is 16.8 Å². The molecule has 23 heavy (non-hydrogen) atoms. The van der Waals surface area contributed by atoms with Crippen LogP contribution in [0.4, 0.5) is 8.78 Å². The molecule has 122 valence electrons. The lowest BCUT2D eigenvalue weighted by Crippen LogP contribution is -2.32. The standard InChI is InChI=1S/C13H6F2I3NO3S/c14-6-1-2-11(9(15)3-6)23(21,22)19-13(20)8-4-7(16)5-10(17)12(8)18/h1-5H,(H,19,20). The highest BCUT2D eigenvalue weighted by molar-refractivity contribution is 14.1. The summed E-state index contributed by atoms with van der Waals surface area (Å²) in [6, 6.07) is 5.37. The van der Waals surface area contributed by atoms with E-state index in [9.17, 15) is 22.0 Å². The first-order valence-electron chi connectivity index (χ1n) is 5.78. The van der Waals surface area contributed by atoms with Gasteiger partial charge in [-0.05, 0) is 92.0 Å². The average Bonchev–Trinajstić information content (AvgIpc) is 2.41. The first-order chi connectivity index (χ1) is 10.6. The third kappa shape index (κ3) is 4.50. The van der Waals surface area contributed by atoms with Gasteiger partial charge in [-0.2, -0.15) is 0 Å². The molecule has 1 amide bonds. The Balaban J connectivity index is 2.40. The van der Waals surface area contributed by atoms with Crippen molar-refractivity contribution >= 4 is 83.7 Å². The number of hydrogen-bond donors (Lipinski definition) is 1. The van der Waals surface area contributed by atoms with Crippen LogP contribution < -0.4 is 4.72 Å². The Morgan fingerprint density at radius 2 is 1.70 bits per heavy atom. The monoisotopic (exact) mass is 675 g/mol.